The summed E-state index contributed by atoms with van der Waals surface area (Å²) < 4.78 is 26.0. The van der Waals surface area contributed by atoms with Crippen LogP contribution < -0.4 is 0 Å². The molecule has 3 heterocycles. The van der Waals surface area contributed by atoms with Gasteiger partial charge in [-0.3, -0.25) is 0 Å². The number of ether oxygens (including phenoxy) is 1. The van der Waals surface area contributed by atoms with E-state index in [4.69, 9.17) is 14.4 Å². The number of hydrogen-bond donors (Lipinski definition) is 0. The molecule has 0 radical (unpaired) electrons. The summed E-state index contributed by atoms with van der Waals surface area (Å²) in [6.07, 6.45) is 3.87. The van der Waals surface area contributed by atoms with E-state index in [2.05, 4.69) is 10.1 Å². The van der Waals surface area contributed by atoms with Crippen LogP contribution in [0.2, 0.25) is 0 Å². The zero-order valence-corrected chi connectivity index (χ0v) is 13.6. The Kier molecular flexibility index (Phi) is 3.41. The Morgan fingerprint density at radius 2 is 2.04 bits per heavy atom. The first-order valence-electron chi connectivity index (χ1n) is 8.58. The summed E-state index contributed by atoms with van der Waals surface area (Å²) in [7, 11) is 0. The predicted molar refractivity (Wildman–Crippen MR) is 87.0 cm³/mol. The highest BCUT2D eigenvalue weighted by Gasteiger charge is 2.29. The molecule has 0 N–H and O–H groups in total. The molecule has 7 heteroatoms. The summed E-state index contributed by atoms with van der Waals surface area (Å²) in [6, 6.07) is 6.37. The van der Waals surface area contributed by atoms with Crippen LogP contribution in [0.15, 0.2) is 28.8 Å². The third kappa shape index (κ3) is 2.46. The lowest BCUT2D eigenvalue weighted by Crippen LogP contribution is -2.01. The first kappa shape index (κ1) is 14.8. The minimum Gasteiger partial charge on any atom is -0.381 e. The van der Waals surface area contributed by atoms with E-state index in [1.54, 1.807) is 12.1 Å². The van der Waals surface area contributed by atoms with E-state index >= 15 is 0 Å². The molecule has 0 saturated carbocycles. The lowest BCUT2D eigenvalue weighted by molar-refractivity contribution is 0.192. The van der Waals surface area contributed by atoms with Crippen LogP contribution in [0, 0.1) is 5.82 Å². The van der Waals surface area contributed by atoms with Gasteiger partial charge in [0.2, 0.25) is 0 Å². The van der Waals surface area contributed by atoms with Crippen molar-refractivity contribution >= 4 is 0 Å². The second-order valence-corrected chi connectivity index (χ2v) is 6.53. The molecule has 25 heavy (non-hydrogen) atoms. The van der Waals surface area contributed by atoms with Crippen LogP contribution in [-0.2, 0) is 17.6 Å². The monoisotopic (exact) mass is 340 g/mol. The van der Waals surface area contributed by atoms with Crippen LogP contribution in [-0.4, -0.2) is 33.1 Å². The zero-order chi connectivity index (χ0) is 16.8. The highest BCUT2D eigenvalue weighted by atomic mass is 19.1. The van der Waals surface area contributed by atoms with Crippen molar-refractivity contribution in [2.24, 2.45) is 0 Å². The van der Waals surface area contributed by atoms with Gasteiger partial charge in [0.05, 0.1) is 12.3 Å². The molecule has 0 bridgehead atoms. The van der Waals surface area contributed by atoms with Gasteiger partial charge >= 0.3 is 0 Å². The van der Waals surface area contributed by atoms with Crippen LogP contribution in [0.5, 0.6) is 0 Å². The number of halogens is 1. The van der Waals surface area contributed by atoms with Crippen molar-refractivity contribution in [1.29, 1.82) is 0 Å². The molecule has 1 saturated heterocycles. The van der Waals surface area contributed by atoms with E-state index in [0.717, 1.165) is 54.9 Å². The van der Waals surface area contributed by atoms with Crippen LogP contribution >= 0.6 is 0 Å². The second kappa shape index (κ2) is 5.77. The van der Waals surface area contributed by atoms with Crippen molar-refractivity contribution in [2.45, 2.75) is 31.6 Å². The topological polar surface area (TPSA) is 66.0 Å². The number of hydrogen-bond acceptors (Lipinski definition) is 5. The Morgan fingerprint density at radius 1 is 1.16 bits per heavy atom. The molecule has 1 aliphatic heterocycles. The Hall–Kier alpha value is -2.54. The maximum Gasteiger partial charge on any atom is 0.278 e. The van der Waals surface area contributed by atoms with Crippen molar-refractivity contribution < 1.29 is 13.7 Å². The highest BCUT2D eigenvalue weighted by Crippen LogP contribution is 2.34. The molecule has 1 atom stereocenters. The van der Waals surface area contributed by atoms with Gasteiger partial charge in [-0.15, -0.1) is 0 Å². The molecule has 1 fully saturated rings. The van der Waals surface area contributed by atoms with Gasteiger partial charge in [-0.05, 0) is 49.9 Å². The molecular weight excluding hydrogens is 323 g/mol. The Balaban J connectivity index is 1.56. The minimum absolute atomic E-state index is 0.199. The molecule has 0 spiro atoms. The Labute approximate surface area is 143 Å². The maximum atomic E-state index is 13.2. The SMILES string of the molecule is Fc1ccc(-n2nc(-c3nc([C@@H]4CCOC4)no3)c3c2CCC3)cc1. The summed E-state index contributed by atoms with van der Waals surface area (Å²) in [6.45, 7) is 1.38. The molecule has 2 aromatic heterocycles. The summed E-state index contributed by atoms with van der Waals surface area (Å²) >= 11 is 0. The number of nitrogens with zero attached hydrogens (tertiary/aromatic N) is 4. The standard InChI is InChI=1S/C18H17FN4O2/c19-12-4-6-13(7-5-12)23-15-3-1-2-14(15)16(21-23)18-20-17(22-25-18)11-8-9-24-10-11/h4-7,11H,1-3,8-10H2/t11-/m1/s1. The summed E-state index contributed by atoms with van der Waals surface area (Å²) in [5.74, 6) is 1.09. The van der Waals surface area contributed by atoms with Crippen LogP contribution in [0.3, 0.4) is 0 Å². The van der Waals surface area contributed by atoms with Gasteiger partial charge in [0.15, 0.2) is 11.5 Å². The third-order valence-corrected chi connectivity index (χ3v) is 4.94. The van der Waals surface area contributed by atoms with Gasteiger partial charge < -0.3 is 9.26 Å². The van der Waals surface area contributed by atoms with Crippen LogP contribution in [0.4, 0.5) is 4.39 Å². The summed E-state index contributed by atoms with van der Waals surface area (Å²) in [4.78, 5) is 4.57. The fourth-order valence-corrected chi connectivity index (χ4v) is 3.64. The van der Waals surface area contributed by atoms with Crippen molar-refractivity contribution in [3.05, 3.63) is 47.2 Å². The number of rotatable bonds is 3. The normalized spacial score (nSPS) is 19.5. The van der Waals surface area contributed by atoms with E-state index in [0.29, 0.717) is 18.3 Å². The van der Waals surface area contributed by atoms with E-state index in [1.807, 2.05) is 4.68 Å². The smallest absolute Gasteiger partial charge is 0.278 e. The first-order valence-corrected chi connectivity index (χ1v) is 8.58. The molecule has 0 amide bonds. The third-order valence-electron chi connectivity index (χ3n) is 4.94. The van der Waals surface area contributed by atoms with Gasteiger partial charge in [0.1, 0.15) is 5.82 Å². The molecule has 0 unspecified atom stereocenters. The maximum absolute atomic E-state index is 13.2. The molecule has 128 valence electrons. The molecular formula is C18H17FN4O2. The van der Waals surface area contributed by atoms with Gasteiger partial charge in [-0.2, -0.15) is 10.1 Å². The lowest BCUT2D eigenvalue weighted by Gasteiger charge is -2.04. The molecule has 6 nitrogen and oxygen atoms in total. The molecule has 2 aliphatic rings. The van der Waals surface area contributed by atoms with Gasteiger partial charge in [0, 0.05) is 23.8 Å². The molecule has 1 aliphatic carbocycles. The van der Waals surface area contributed by atoms with E-state index in [9.17, 15) is 4.39 Å². The highest BCUT2D eigenvalue weighted by molar-refractivity contribution is 5.58. The van der Waals surface area contributed by atoms with E-state index in [1.165, 1.54) is 12.1 Å². The van der Waals surface area contributed by atoms with E-state index < -0.39 is 0 Å². The van der Waals surface area contributed by atoms with Crippen LogP contribution in [0.1, 0.15) is 35.8 Å². The average molecular weight is 340 g/mol. The average Bonchev–Trinajstić information content (AvgIpc) is 3.38. The van der Waals surface area contributed by atoms with Gasteiger partial charge in [-0.25, -0.2) is 9.07 Å². The molecule has 1 aromatic carbocycles. The fraction of sp³-hybridized carbons (Fsp3) is 0.389. The Morgan fingerprint density at radius 3 is 2.84 bits per heavy atom. The fourth-order valence-electron chi connectivity index (χ4n) is 3.64. The van der Waals surface area contributed by atoms with Crippen molar-refractivity contribution in [3.8, 4) is 17.3 Å². The van der Waals surface area contributed by atoms with Crippen molar-refractivity contribution in [1.82, 2.24) is 19.9 Å². The lowest BCUT2D eigenvalue weighted by atomic mass is 10.1. The quantitative estimate of drug-likeness (QED) is 0.733. The minimum atomic E-state index is -0.256. The van der Waals surface area contributed by atoms with Crippen LogP contribution in [0.25, 0.3) is 17.3 Å². The zero-order valence-electron chi connectivity index (χ0n) is 13.6. The first-order chi connectivity index (χ1) is 12.3. The Bertz CT molecular complexity index is 910. The van der Waals surface area contributed by atoms with Gasteiger partial charge in [0.25, 0.3) is 5.89 Å². The second-order valence-electron chi connectivity index (χ2n) is 6.53. The largest absolute Gasteiger partial charge is 0.381 e. The number of benzene rings is 1. The van der Waals surface area contributed by atoms with Crippen molar-refractivity contribution in [2.75, 3.05) is 13.2 Å². The van der Waals surface area contributed by atoms with E-state index in [-0.39, 0.29) is 11.7 Å². The molecule has 5 rings (SSSR count). The van der Waals surface area contributed by atoms with Gasteiger partial charge in [-0.1, -0.05) is 5.16 Å². The summed E-state index contributed by atoms with van der Waals surface area (Å²) in [5.41, 5.74) is 3.89. The van der Waals surface area contributed by atoms with Crippen molar-refractivity contribution in [3.63, 3.8) is 0 Å². The molecule has 3 aromatic rings. The number of fused-ring (bicyclic) bond motifs is 1. The predicted octanol–water partition coefficient (Wildman–Crippen LogP) is 3.05. The summed E-state index contributed by atoms with van der Waals surface area (Å²) in [5, 5.41) is 8.84. The number of aromatic nitrogens is 4.